The molecule has 0 saturated carbocycles. The molecule has 0 aromatic heterocycles. The van der Waals surface area contributed by atoms with Crippen molar-refractivity contribution in [2.45, 2.75) is 26.7 Å². The molecule has 1 aromatic rings. The van der Waals surface area contributed by atoms with Crippen LogP contribution in [-0.4, -0.2) is 43.0 Å². The number of rotatable bonds is 2. The predicted molar refractivity (Wildman–Crippen MR) is 85.8 cm³/mol. The average molecular weight is 318 g/mol. The maximum Gasteiger partial charge on any atom is 0.227 e. The van der Waals surface area contributed by atoms with Gasteiger partial charge >= 0.3 is 0 Å². The molecule has 0 radical (unpaired) electrons. The van der Waals surface area contributed by atoms with E-state index in [1.807, 2.05) is 19.1 Å². The molecule has 3 rings (SSSR count). The fourth-order valence-electron chi connectivity index (χ4n) is 3.02. The lowest BCUT2D eigenvalue weighted by atomic mass is 9.95. The Hall–Kier alpha value is -2.24. The van der Waals surface area contributed by atoms with Crippen LogP contribution >= 0.6 is 0 Å². The van der Waals surface area contributed by atoms with Crippen LogP contribution in [-0.2, 0) is 9.59 Å². The van der Waals surface area contributed by atoms with E-state index < -0.39 is 0 Å². The van der Waals surface area contributed by atoms with Crippen LogP contribution in [0.1, 0.15) is 25.3 Å². The zero-order valence-corrected chi connectivity index (χ0v) is 13.6. The molecular weight excluding hydrogens is 296 g/mol. The minimum atomic E-state index is -0.0572. The van der Waals surface area contributed by atoms with Crippen molar-refractivity contribution in [3.8, 4) is 11.5 Å². The van der Waals surface area contributed by atoms with Gasteiger partial charge in [0.1, 0.15) is 13.2 Å². The first-order valence-electron chi connectivity index (χ1n) is 8.01. The van der Waals surface area contributed by atoms with Crippen molar-refractivity contribution >= 4 is 17.5 Å². The zero-order valence-electron chi connectivity index (χ0n) is 13.6. The third-order valence-electron chi connectivity index (χ3n) is 4.46. The summed E-state index contributed by atoms with van der Waals surface area (Å²) in [5, 5.41) is 3.00. The first-order valence-corrected chi connectivity index (χ1v) is 8.01. The van der Waals surface area contributed by atoms with Crippen LogP contribution in [0.3, 0.4) is 0 Å². The molecule has 2 aliphatic heterocycles. The molecule has 1 aromatic carbocycles. The molecule has 124 valence electrons. The SMILES string of the molecule is CC(=O)N1CCC(C(=O)Nc2cc3c(cc2C)OCCO3)CC1. The Morgan fingerprint density at radius 1 is 1.13 bits per heavy atom. The molecule has 23 heavy (non-hydrogen) atoms. The Labute approximate surface area is 135 Å². The van der Waals surface area contributed by atoms with Gasteiger partial charge in [0.05, 0.1) is 0 Å². The van der Waals surface area contributed by atoms with Crippen LogP contribution in [0.25, 0.3) is 0 Å². The summed E-state index contributed by atoms with van der Waals surface area (Å²) in [6, 6.07) is 3.72. The highest BCUT2D eigenvalue weighted by molar-refractivity contribution is 5.94. The highest BCUT2D eigenvalue weighted by Crippen LogP contribution is 2.35. The van der Waals surface area contributed by atoms with E-state index in [4.69, 9.17) is 9.47 Å². The standard InChI is InChI=1S/C17H22N2O4/c1-11-9-15-16(23-8-7-22-15)10-14(11)18-17(21)13-3-5-19(6-4-13)12(2)20/h9-10,13H,3-8H2,1-2H3,(H,18,21). The number of nitrogens with zero attached hydrogens (tertiary/aromatic N) is 1. The van der Waals surface area contributed by atoms with Gasteiger partial charge < -0.3 is 19.7 Å². The predicted octanol–water partition coefficient (Wildman–Crippen LogP) is 1.96. The van der Waals surface area contributed by atoms with E-state index in [1.54, 1.807) is 11.8 Å². The maximum absolute atomic E-state index is 12.5. The van der Waals surface area contributed by atoms with E-state index in [1.165, 1.54) is 0 Å². The quantitative estimate of drug-likeness (QED) is 0.905. The zero-order chi connectivity index (χ0) is 16.4. The lowest BCUT2D eigenvalue weighted by Gasteiger charge is -2.30. The smallest absolute Gasteiger partial charge is 0.227 e. The molecule has 0 spiro atoms. The Balaban J connectivity index is 1.65. The lowest BCUT2D eigenvalue weighted by molar-refractivity contribution is -0.132. The monoisotopic (exact) mass is 318 g/mol. The van der Waals surface area contributed by atoms with Crippen molar-refractivity contribution in [1.29, 1.82) is 0 Å². The largest absolute Gasteiger partial charge is 0.486 e. The number of amides is 2. The van der Waals surface area contributed by atoms with Gasteiger partial charge in [0.2, 0.25) is 11.8 Å². The Kier molecular flexibility index (Phi) is 4.41. The fraction of sp³-hybridized carbons (Fsp3) is 0.529. The molecule has 2 aliphatic rings. The van der Waals surface area contributed by atoms with Crippen LogP contribution < -0.4 is 14.8 Å². The first-order chi connectivity index (χ1) is 11.0. The number of benzene rings is 1. The molecule has 0 bridgehead atoms. The van der Waals surface area contributed by atoms with Gasteiger partial charge in [-0.3, -0.25) is 9.59 Å². The van der Waals surface area contributed by atoms with E-state index in [2.05, 4.69) is 5.32 Å². The number of piperidine rings is 1. The number of hydrogen-bond acceptors (Lipinski definition) is 4. The summed E-state index contributed by atoms with van der Waals surface area (Å²) in [5.74, 6) is 1.42. The van der Waals surface area contributed by atoms with Crippen molar-refractivity contribution < 1.29 is 19.1 Å². The molecule has 2 heterocycles. The van der Waals surface area contributed by atoms with Crippen molar-refractivity contribution in [1.82, 2.24) is 4.90 Å². The van der Waals surface area contributed by atoms with Gasteiger partial charge in [0, 0.05) is 37.7 Å². The first kappa shape index (κ1) is 15.6. The Morgan fingerprint density at radius 2 is 1.74 bits per heavy atom. The number of carbonyl (C=O) groups is 2. The third kappa shape index (κ3) is 3.41. The second kappa shape index (κ2) is 6.48. The van der Waals surface area contributed by atoms with Crippen LogP contribution in [0.4, 0.5) is 5.69 Å². The minimum absolute atomic E-state index is 0.00739. The summed E-state index contributed by atoms with van der Waals surface area (Å²) < 4.78 is 11.1. The topological polar surface area (TPSA) is 67.9 Å². The number of likely N-dealkylation sites (tertiary alicyclic amines) is 1. The molecule has 0 atom stereocenters. The Bertz CT molecular complexity index is 621. The number of fused-ring (bicyclic) bond motifs is 1. The summed E-state index contributed by atoms with van der Waals surface area (Å²) in [5.41, 5.74) is 1.71. The number of aryl methyl sites for hydroxylation is 1. The molecule has 2 amide bonds. The summed E-state index contributed by atoms with van der Waals surface area (Å²) in [6.45, 7) is 5.87. The van der Waals surface area contributed by atoms with Gasteiger partial charge in [-0.05, 0) is 31.4 Å². The summed E-state index contributed by atoms with van der Waals surface area (Å²) in [6.07, 6.45) is 1.41. The normalized spacial score (nSPS) is 17.7. The van der Waals surface area contributed by atoms with E-state index in [9.17, 15) is 9.59 Å². The molecule has 6 nitrogen and oxygen atoms in total. The van der Waals surface area contributed by atoms with E-state index >= 15 is 0 Å². The Morgan fingerprint density at radius 3 is 2.35 bits per heavy atom. The molecule has 0 unspecified atom stereocenters. The van der Waals surface area contributed by atoms with Gasteiger partial charge in [-0.2, -0.15) is 0 Å². The van der Waals surface area contributed by atoms with Gasteiger partial charge in [0.15, 0.2) is 11.5 Å². The fourth-order valence-corrected chi connectivity index (χ4v) is 3.02. The summed E-state index contributed by atoms with van der Waals surface area (Å²) >= 11 is 0. The average Bonchev–Trinajstić information content (AvgIpc) is 2.55. The van der Waals surface area contributed by atoms with Crippen molar-refractivity contribution in [2.75, 3.05) is 31.6 Å². The van der Waals surface area contributed by atoms with Gasteiger partial charge in [0.25, 0.3) is 0 Å². The van der Waals surface area contributed by atoms with Crippen molar-refractivity contribution in [3.05, 3.63) is 17.7 Å². The summed E-state index contributed by atoms with van der Waals surface area (Å²) in [4.78, 5) is 25.6. The molecule has 1 N–H and O–H groups in total. The number of hydrogen-bond donors (Lipinski definition) is 1. The molecule has 0 aliphatic carbocycles. The second-order valence-corrected chi connectivity index (χ2v) is 6.08. The van der Waals surface area contributed by atoms with Crippen molar-refractivity contribution in [3.63, 3.8) is 0 Å². The van der Waals surface area contributed by atoms with Gasteiger partial charge in [-0.25, -0.2) is 0 Å². The third-order valence-corrected chi connectivity index (χ3v) is 4.46. The van der Waals surface area contributed by atoms with Crippen LogP contribution in [0.15, 0.2) is 12.1 Å². The number of ether oxygens (including phenoxy) is 2. The number of carbonyl (C=O) groups excluding carboxylic acids is 2. The van der Waals surface area contributed by atoms with Crippen molar-refractivity contribution in [2.24, 2.45) is 5.92 Å². The van der Waals surface area contributed by atoms with Gasteiger partial charge in [-0.1, -0.05) is 0 Å². The van der Waals surface area contributed by atoms with Gasteiger partial charge in [-0.15, -0.1) is 0 Å². The maximum atomic E-state index is 12.5. The van der Waals surface area contributed by atoms with E-state index in [0.29, 0.717) is 44.9 Å². The minimum Gasteiger partial charge on any atom is -0.486 e. The summed E-state index contributed by atoms with van der Waals surface area (Å²) in [7, 11) is 0. The number of anilines is 1. The van der Waals surface area contributed by atoms with E-state index in [-0.39, 0.29) is 17.7 Å². The molecule has 1 fully saturated rings. The molecule has 6 heteroatoms. The van der Waals surface area contributed by atoms with Crippen LogP contribution in [0.5, 0.6) is 11.5 Å². The number of nitrogens with one attached hydrogen (secondary N) is 1. The molecular formula is C17H22N2O4. The molecule has 1 saturated heterocycles. The van der Waals surface area contributed by atoms with E-state index in [0.717, 1.165) is 17.0 Å². The lowest BCUT2D eigenvalue weighted by Crippen LogP contribution is -2.40. The van der Waals surface area contributed by atoms with Crippen LogP contribution in [0, 0.1) is 12.8 Å². The highest BCUT2D eigenvalue weighted by atomic mass is 16.6. The second-order valence-electron chi connectivity index (χ2n) is 6.08. The highest BCUT2D eigenvalue weighted by Gasteiger charge is 2.26. The van der Waals surface area contributed by atoms with Crippen LogP contribution in [0.2, 0.25) is 0 Å².